The summed E-state index contributed by atoms with van der Waals surface area (Å²) in [6.07, 6.45) is 1.48. The molecule has 0 amide bonds. The Morgan fingerprint density at radius 2 is 1.92 bits per heavy atom. The summed E-state index contributed by atoms with van der Waals surface area (Å²) in [6, 6.07) is 11.2. The van der Waals surface area contributed by atoms with Gasteiger partial charge < -0.3 is 10.6 Å². The Hall–Kier alpha value is -3.09. The number of aromatic nitrogens is 3. The molecule has 0 aliphatic heterocycles. The van der Waals surface area contributed by atoms with E-state index in [0.29, 0.717) is 12.4 Å². The second-order valence-corrected chi connectivity index (χ2v) is 5.19. The first kappa shape index (κ1) is 15.8. The van der Waals surface area contributed by atoms with Gasteiger partial charge in [-0.25, -0.2) is 8.78 Å². The van der Waals surface area contributed by atoms with Gasteiger partial charge in [-0.2, -0.15) is 10.1 Å². The summed E-state index contributed by atoms with van der Waals surface area (Å²) in [5, 5.41) is 13.5. The molecule has 0 saturated heterocycles. The fourth-order valence-corrected chi connectivity index (χ4v) is 2.15. The maximum atomic E-state index is 13.7. The highest BCUT2D eigenvalue weighted by Crippen LogP contribution is 2.19. The van der Waals surface area contributed by atoms with Crippen LogP contribution in [0.25, 0.3) is 0 Å². The molecule has 1 heterocycles. The van der Waals surface area contributed by atoms with Crippen molar-refractivity contribution in [2.24, 2.45) is 0 Å². The van der Waals surface area contributed by atoms with Crippen LogP contribution < -0.4 is 10.6 Å². The molecule has 0 aliphatic carbocycles. The Balaban J connectivity index is 1.71. The van der Waals surface area contributed by atoms with Crippen molar-refractivity contribution in [1.82, 2.24) is 15.2 Å². The Morgan fingerprint density at radius 1 is 1.08 bits per heavy atom. The second kappa shape index (κ2) is 6.99. The maximum absolute atomic E-state index is 13.7. The van der Waals surface area contributed by atoms with E-state index in [4.69, 9.17) is 0 Å². The van der Waals surface area contributed by atoms with Gasteiger partial charge >= 0.3 is 0 Å². The molecule has 2 aromatic carbocycles. The Labute approximate surface area is 137 Å². The fourth-order valence-electron chi connectivity index (χ4n) is 2.15. The first-order valence-electron chi connectivity index (χ1n) is 7.32. The lowest BCUT2D eigenvalue weighted by molar-refractivity contribution is 0.586. The van der Waals surface area contributed by atoms with Gasteiger partial charge in [0.1, 0.15) is 11.6 Å². The van der Waals surface area contributed by atoms with Gasteiger partial charge in [0.15, 0.2) is 5.82 Å². The van der Waals surface area contributed by atoms with Crippen molar-refractivity contribution in [1.29, 1.82) is 0 Å². The van der Waals surface area contributed by atoms with Crippen LogP contribution in [0, 0.1) is 18.6 Å². The quantitative estimate of drug-likeness (QED) is 0.746. The predicted octanol–water partition coefficient (Wildman–Crippen LogP) is 3.81. The monoisotopic (exact) mass is 327 g/mol. The molecule has 0 radical (unpaired) electrons. The van der Waals surface area contributed by atoms with Crippen LogP contribution in [0.15, 0.2) is 48.7 Å². The van der Waals surface area contributed by atoms with E-state index in [1.165, 1.54) is 17.8 Å². The number of rotatable bonds is 5. The average molecular weight is 327 g/mol. The minimum Gasteiger partial charge on any atom is -0.365 e. The van der Waals surface area contributed by atoms with Crippen LogP contribution in [0.3, 0.4) is 0 Å². The van der Waals surface area contributed by atoms with Crippen LogP contribution >= 0.6 is 0 Å². The van der Waals surface area contributed by atoms with Gasteiger partial charge in [-0.05, 0) is 30.2 Å². The standard InChI is InChI=1S/C17H15F2N5/c1-11-4-2-3-5-12(11)9-20-16-10-21-24-17(23-16)22-15-7-6-13(18)8-14(15)19/h2-8,10H,9H2,1H3,(H2,20,22,23,24). The first-order valence-corrected chi connectivity index (χ1v) is 7.32. The average Bonchev–Trinajstić information content (AvgIpc) is 2.57. The molecule has 2 N–H and O–H groups in total. The molecule has 0 saturated carbocycles. The van der Waals surface area contributed by atoms with Crippen LogP contribution in [0.4, 0.5) is 26.2 Å². The molecule has 0 bridgehead atoms. The summed E-state index contributed by atoms with van der Waals surface area (Å²) in [5.41, 5.74) is 2.38. The van der Waals surface area contributed by atoms with Crippen molar-refractivity contribution in [3.8, 4) is 0 Å². The lowest BCUT2D eigenvalue weighted by Gasteiger charge is -2.09. The number of hydrogen-bond acceptors (Lipinski definition) is 5. The molecule has 0 unspecified atom stereocenters. The number of anilines is 3. The zero-order valence-corrected chi connectivity index (χ0v) is 12.9. The van der Waals surface area contributed by atoms with E-state index in [-0.39, 0.29) is 11.6 Å². The summed E-state index contributed by atoms with van der Waals surface area (Å²) in [7, 11) is 0. The largest absolute Gasteiger partial charge is 0.365 e. The molecular formula is C17H15F2N5. The molecule has 24 heavy (non-hydrogen) atoms. The topological polar surface area (TPSA) is 62.7 Å². The summed E-state index contributed by atoms with van der Waals surface area (Å²) < 4.78 is 26.6. The third-order valence-corrected chi connectivity index (χ3v) is 3.46. The first-order chi connectivity index (χ1) is 11.6. The van der Waals surface area contributed by atoms with Gasteiger partial charge in [0, 0.05) is 12.6 Å². The number of halogens is 2. The number of nitrogens with zero attached hydrogens (tertiary/aromatic N) is 3. The Kier molecular flexibility index (Phi) is 4.60. The van der Waals surface area contributed by atoms with E-state index in [1.54, 1.807) is 0 Å². The van der Waals surface area contributed by atoms with Gasteiger partial charge in [-0.3, -0.25) is 0 Å². The third kappa shape index (κ3) is 3.81. The van der Waals surface area contributed by atoms with Crippen LogP contribution in [0.2, 0.25) is 0 Å². The van der Waals surface area contributed by atoms with E-state index < -0.39 is 11.6 Å². The van der Waals surface area contributed by atoms with Gasteiger partial charge in [0.25, 0.3) is 0 Å². The molecule has 0 aliphatic rings. The highest BCUT2D eigenvalue weighted by atomic mass is 19.1. The van der Waals surface area contributed by atoms with Crippen molar-refractivity contribution in [2.75, 3.05) is 10.6 Å². The molecular weight excluding hydrogens is 312 g/mol. The molecule has 7 heteroatoms. The smallest absolute Gasteiger partial charge is 0.249 e. The molecule has 1 aromatic heterocycles. The van der Waals surface area contributed by atoms with Crippen molar-refractivity contribution < 1.29 is 8.78 Å². The van der Waals surface area contributed by atoms with E-state index in [0.717, 1.165) is 17.7 Å². The van der Waals surface area contributed by atoms with E-state index in [9.17, 15) is 8.78 Å². The second-order valence-electron chi connectivity index (χ2n) is 5.19. The lowest BCUT2D eigenvalue weighted by atomic mass is 10.1. The van der Waals surface area contributed by atoms with Crippen molar-refractivity contribution in [3.63, 3.8) is 0 Å². The molecule has 3 rings (SSSR count). The predicted molar refractivity (Wildman–Crippen MR) is 88.0 cm³/mol. The number of nitrogens with one attached hydrogen (secondary N) is 2. The van der Waals surface area contributed by atoms with Crippen LogP contribution in [-0.2, 0) is 6.54 Å². The normalized spacial score (nSPS) is 10.5. The summed E-state index contributed by atoms with van der Waals surface area (Å²) in [4.78, 5) is 4.22. The molecule has 5 nitrogen and oxygen atoms in total. The Bertz CT molecular complexity index is 854. The van der Waals surface area contributed by atoms with Crippen LogP contribution in [0.5, 0.6) is 0 Å². The van der Waals surface area contributed by atoms with Crippen molar-refractivity contribution >= 4 is 17.5 Å². The van der Waals surface area contributed by atoms with E-state index in [1.807, 2.05) is 31.2 Å². The zero-order valence-electron chi connectivity index (χ0n) is 12.9. The van der Waals surface area contributed by atoms with E-state index >= 15 is 0 Å². The van der Waals surface area contributed by atoms with Crippen molar-refractivity contribution in [2.45, 2.75) is 13.5 Å². The molecule has 3 aromatic rings. The zero-order chi connectivity index (χ0) is 16.9. The number of aryl methyl sites for hydroxylation is 1. The summed E-state index contributed by atoms with van der Waals surface area (Å²) >= 11 is 0. The summed E-state index contributed by atoms with van der Waals surface area (Å²) in [6.45, 7) is 2.61. The number of hydrogen-bond donors (Lipinski definition) is 2. The molecule has 122 valence electrons. The Morgan fingerprint density at radius 3 is 2.71 bits per heavy atom. The van der Waals surface area contributed by atoms with Crippen LogP contribution in [0.1, 0.15) is 11.1 Å². The van der Waals surface area contributed by atoms with Gasteiger partial charge in [-0.1, -0.05) is 24.3 Å². The van der Waals surface area contributed by atoms with Gasteiger partial charge in [-0.15, -0.1) is 5.10 Å². The highest BCUT2D eigenvalue weighted by Gasteiger charge is 2.07. The van der Waals surface area contributed by atoms with Gasteiger partial charge in [0.05, 0.1) is 11.9 Å². The maximum Gasteiger partial charge on any atom is 0.249 e. The fraction of sp³-hybridized carbons (Fsp3) is 0.118. The molecule has 0 spiro atoms. The molecule has 0 atom stereocenters. The summed E-state index contributed by atoms with van der Waals surface area (Å²) in [5.74, 6) is -0.754. The van der Waals surface area contributed by atoms with E-state index in [2.05, 4.69) is 25.8 Å². The lowest BCUT2D eigenvalue weighted by Crippen LogP contribution is -2.07. The minimum absolute atomic E-state index is 0.0780. The van der Waals surface area contributed by atoms with Gasteiger partial charge in [0.2, 0.25) is 5.95 Å². The highest BCUT2D eigenvalue weighted by molar-refractivity contribution is 5.54. The van der Waals surface area contributed by atoms with Crippen LogP contribution in [-0.4, -0.2) is 15.2 Å². The SMILES string of the molecule is Cc1ccccc1CNc1cnnc(Nc2ccc(F)cc2F)n1. The molecule has 0 fully saturated rings. The number of benzene rings is 2. The minimum atomic E-state index is -0.725. The third-order valence-electron chi connectivity index (χ3n) is 3.46. The van der Waals surface area contributed by atoms with Crippen molar-refractivity contribution in [3.05, 3.63) is 71.4 Å².